The second-order valence-electron chi connectivity index (χ2n) is 4.46. The highest BCUT2D eigenvalue weighted by Gasteiger charge is 2.16. The van der Waals surface area contributed by atoms with Crippen LogP contribution >= 0.6 is 24.0 Å². The molecule has 0 unspecified atom stereocenters. The first-order chi connectivity index (χ1) is 9.88. The molecule has 0 atom stereocenters. The van der Waals surface area contributed by atoms with Crippen LogP contribution in [0.3, 0.4) is 0 Å². The predicted octanol–water partition coefficient (Wildman–Crippen LogP) is 2.27. The number of hydrogen-bond acceptors (Lipinski definition) is 4. The summed E-state index contributed by atoms with van der Waals surface area (Å²) in [5, 5.41) is 0. The van der Waals surface area contributed by atoms with Crippen LogP contribution in [-0.4, -0.2) is 32.0 Å². The van der Waals surface area contributed by atoms with Crippen molar-refractivity contribution in [2.45, 2.75) is 24.2 Å². The van der Waals surface area contributed by atoms with Crippen LogP contribution in [0.2, 0.25) is 0 Å². The van der Waals surface area contributed by atoms with Gasteiger partial charge >= 0.3 is 0 Å². The highest BCUT2D eigenvalue weighted by atomic mass is 32.2. The maximum atomic E-state index is 13.4. The summed E-state index contributed by atoms with van der Waals surface area (Å²) in [4.78, 5) is -0.197. The minimum atomic E-state index is -3.66. The van der Waals surface area contributed by atoms with E-state index in [0.29, 0.717) is 6.54 Å². The van der Waals surface area contributed by atoms with Gasteiger partial charge in [-0.1, -0.05) is 18.6 Å². The number of sulfonamides is 1. The van der Waals surface area contributed by atoms with E-state index in [-0.39, 0.29) is 15.4 Å². The number of unbranched alkanes of at least 4 members (excludes halogenated alkanes) is 2. The molecule has 0 aliphatic rings. The summed E-state index contributed by atoms with van der Waals surface area (Å²) in [5.74, 6) is 0.445. The molecule has 1 aromatic rings. The molecular weight excluding hydrogens is 331 g/mol. The lowest BCUT2D eigenvalue weighted by atomic mass is 10.2. The predicted molar refractivity (Wildman–Crippen MR) is 89.7 cm³/mol. The van der Waals surface area contributed by atoms with Gasteiger partial charge in [-0.05, 0) is 43.0 Å². The third kappa shape index (κ3) is 5.90. The Morgan fingerprint density at radius 2 is 2.10 bits per heavy atom. The highest BCUT2D eigenvalue weighted by molar-refractivity contribution is 7.98. The van der Waals surface area contributed by atoms with Gasteiger partial charge in [0.2, 0.25) is 10.0 Å². The third-order valence-electron chi connectivity index (χ3n) is 2.83. The first-order valence-electron chi connectivity index (χ1n) is 6.46. The zero-order valence-corrected chi connectivity index (χ0v) is 14.2. The van der Waals surface area contributed by atoms with E-state index in [4.69, 9.17) is 18.0 Å². The van der Waals surface area contributed by atoms with Crippen molar-refractivity contribution < 1.29 is 12.8 Å². The van der Waals surface area contributed by atoms with E-state index in [0.717, 1.165) is 37.1 Å². The Labute approximate surface area is 134 Å². The number of thiocarbonyl (C=S) groups is 1. The van der Waals surface area contributed by atoms with E-state index in [1.165, 1.54) is 6.07 Å². The molecule has 0 saturated heterocycles. The van der Waals surface area contributed by atoms with Crippen LogP contribution in [0, 0.1) is 5.82 Å². The molecule has 8 heteroatoms. The molecule has 3 N–H and O–H groups in total. The summed E-state index contributed by atoms with van der Waals surface area (Å²) < 4.78 is 40.1. The zero-order valence-electron chi connectivity index (χ0n) is 11.8. The topological polar surface area (TPSA) is 72.2 Å². The first kappa shape index (κ1) is 18.3. The van der Waals surface area contributed by atoms with E-state index >= 15 is 0 Å². The van der Waals surface area contributed by atoms with E-state index in [2.05, 4.69) is 4.72 Å². The Bertz CT molecular complexity index is 591. The molecular formula is C13H19FN2O2S3. The quantitative estimate of drug-likeness (QED) is 0.528. The van der Waals surface area contributed by atoms with E-state index < -0.39 is 15.8 Å². The number of hydrogen-bond donors (Lipinski definition) is 2. The average Bonchev–Trinajstić information content (AvgIpc) is 2.42. The SMILES string of the molecule is CSCCCCCNS(=O)(=O)c1ccc(F)c(C(N)=S)c1. The van der Waals surface area contributed by atoms with Crippen LogP contribution in [0.1, 0.15) is 24.8 Å². The summed E-state index contributed by atoms with van der Waals surface area (Å²) in [5.41, 5.74) is 5.31. The lowest BCUT2D eigenvalue weighted by Crippen LogP contribution is -2.25. The van der Waals surface area contributed by atoms with Gasteiger partial charge in [0, 0.05) is 12.1 Å². The Kier molecular flexibility index (Phi) is 7.58. The molecule has 0 heterocycles. The van der Waals surface area contributed by atoms with Gasteiger partial charge < -0.3 is 5.73 Å². The molecule has 0 radical (unpaired) electrons. The molecule has 0 fully saturated rings. The molecule has 0 aliphatic carbocycles. The fraction of sp³-hybridized carbons (Fsp3) is 0.462. The van der Waals surface area contributed by atoms with Gasteiger partial charge in [-0.2, -0.15) is 11.8 Å². The van der Waals surface area contributed by atoms with Crippen LogP contribution in [0.4, 0.5) is 4.39 Å². The van der Waals surface area contributed by atoms with Gasteiger partial charge in [-0.25, -0.2) is 17.5 Å². The average molecular weight is 351 g/mol. The number of rotatable bonds is 9. The molecule has 4 nitrogen and oxygen atoms in total. The Morgan fingerprint density at radius 1 is 1.38 bits per heavy atom. The molecule has 1 rings (SSSR count). The van der Waals surface area contributed by atoms with Gasteiger partial charge in [-0.3, -0.25) is 0 Å². The van der Waals surface area contributed by atoms with Crippen LogP contribution < -0.4 is 10.5 Å². The van der Waals surface area contributed by atoms with Gasteiger partial charge in [0.25, 0.3) is 0 Å². The van der Waals surface area contributed by atoms with Crippen LogP contribution in [0.25, 0.3) is 0 Å². The van der Waals surface area contributed by atoms with E-state index in [1.807, 2.05) is 6.26 Å². The van der Waals surface area contributed by atoms with Crippen molar-refractivity contribution in [3.05, 3.63) is 29.6 Å². The second-order valence-corrected chi connectivity index (χ2v) is 7.65. The van der Waals surface area contributed by atoms with Crippen molar-refractivity contribution in [1.29, 1.82) is 0 Å². The Hall–Kier alpha value is -0.700. The molecule has 0 aromatic heterocycles. The molecule has 0 amide bonds. The monoisotopic (exact) mass is 350 g/mol. The van der Waals surface area contributed by atoms with Crippen molar-refractivity contribution in [3.8, 4) is 0 Å². The van der Waals surface area contributed by atoms with Crippen LogP contribution in [-0.2, 0) is 10.0 Å². The van der Waals surface area contributed by atoms with Crippen molar-refractivity contribution in [2.75, 3.05) is 18.6 Å². The van der Waals surface area contributed by atoms with Crippen LogP contribution in [0.5, 0.6) is 0 Å². The normalized spacial score (nSPS) is 11.5. The maximum Gasteiger partial charge on any atom is 0.240 e. The van der Waals surface area contributed by atoms with Crippen molar-refractivity contribution >= 4 is 39.0 Å². The zero-order chi connectivity index (χ0) is 15.9. The second kappa shape index (κ2) is 8.67. The summed E-state index contributed by atoms with van der Waals surface area (Å²) in [6.45, 7) is 0.358. The fourth-order valence-electron chi connectivity index (χ4n) is 1.70. The van der Waals surface area contributed by atoms with Gasteiger partial charge in [0.1, 0.15) is 10.8 Å². The highest BCUT2D eigenvalue weighted by Crippen LogP contribution is 2.15. The number of halogens is 1. The summed E-state index contributed by atoms with van der Waals surface area (Å²) >= 11 is 6.47. The lowest BCUT2D eigenvalue weighted by molar-refractivity contribution is 0.575. The van der Waals surface area contributed by atoms with Gasteiger partial charge in [0.05, 0.1) is 4.90 Å². The lowest BCUT2D eigenvalue weighted by Gasteiger charge is -2.08. The molecule has 1 aromatic carbocycles. The number of nitrogens with two attached hydrogens (primary N) is 1. The molecule has 0 spiro atoms. The fourth-order valence-corrected chi connectivity index (χ4v) is 3.45. The Balaban J connectivity index is 2.66. The minimum Gasteiger partial charge on any atom is -0.389 e. The van der Waals surface area contributed by atoms with E-state index in [9.17, 15) is 12.8 Å². The van der Waals surface area contributed by atoms with Crippen molar-refractivity contribution in [1.82, 2.24) is 4.72 Å². The minimum absolute atomic E-state index is 0.0317. The standard InChI is InChI=1S/C13H19FN2O2S3/c1-20-8-4-2-3-7-16-21(17,18)10-5-6-12(14)11(9-10)13(15)19/h5-6,9,16H,2-4,7-8H2,1H3,(H2,15,19). The first-order valence-corrected chi connectivity index (χ1v) is 9.75. The number of thioether (sulfide) groups is 1. The molecule has 0 aliphatic heterocycles. The summed E-state index contributed by atoms with van der Waals surface area (Å²) in [6, 6.07) is 3.42. The summed E-state index contributed by atoms with van der Waals surface area (Å²) in [7, 11) is -3.66. The van der Waals surface area contributed by atoms with Gasteiger partial charge in [0.15, 0.2) is 0 Å². The Morgan fingerprint density at radius 3 is 2.71 bits per heavy atom. The van der Waals surface area contributed by atoms with E-state index in [1.54, 1.807) is 11.8 Å². The van der Waals surface area contributed by atoms with Crippen molar-refractivity contribution in [2.24, 2.45) is 5.73 Å². The number of nitrogens with one attached hydrogen (secondary N) is 1. The summed E-state index contributed by atoms with van der Waals surface area (Å²) in [6.07, 6.45) is 4.83. The molecule has 118 valence electrons. The van der Waals surface area contributed by atoms with Crippen LogP contribution in [0.15, 0.2) is 23.1 Å². The largest absolute Gasteiger partial charge is 0.389 e. The van der Waals surface area contributed by atoms with Crippen molar-refractivity contribution in [3.63, 3.8) is 0 Å². The molecule has 0 bridgehead atoms. The third-order valence-corrected chi connectivity index (χ3v) is 5.21. The molecule has 21 heavy (non-hydrogen) atoms. The van der Waals surface area contributed by atoms with Gasteiger partial charge in [-0.15, -0.1) is 0 Å². The molecule has 0 saturated carbocycles. The maximum absolute atomic E-state index is 13.4. The number of benzene rings is 1. The smallest absolute Gasteiger partial charge is 0.240 e.